The van der Waals surface area contributed by atoms with E-state index in [0.29, 0.717) is 8.95 Å². The van der Waals surface area contributed by atoms with E-state index in [1.165, 1.54) is 0 Å². The Balaban J connectivity index is 2.94. The van der Waals surface area contributed by atoms with E-state index in [2.05, 4.69) is 31.9 Å². The van der Waals surface area contributed by atoms with Crippen LogP contribution in [0.3, 0.4) is 0 Å². The topological polar surface area (TPSA) is 40.5 Å². The molecule has 2 N–H and O–H groups in total. The van der Waals surface area contributed by atoms with Gasteiger partial charge in [0.2, 0.25) is 0 Å². The molecule has 2 nitrogen and oxygen atoms in total. The quantitative estimate of drug-likeness (QED) is 0.776. The van der Waals surface area contributed by atoms with Gasteiger partial charge in [-0.25, -0.2) is 0 Å². The molecular formula is C10H6Br2O2. The average Bonchev–Trinajstić information content (AvgIpc) is 2.17. The fourth-order valence-corrected chi connectivity index (χ4v) is 2.27. The average molecular weight is 318 g/mol. The summed E-state index contributed by atoms with van der Waals surface area (Å²) >= 11 is 6.57. The number of halogens is 2. The minimum atomic E-state index is 0.190. The number of aromatic hydroxyl groups is 2. The van der Waals surface area contributed by atoms with Gasteiger partial charge in [-0.3, -0.25) is 0 Å². The Hall–Kier alpha value is -0.740. The Morgan fingerprint density at radius 3 is 1.43 bits per heavy atom. The molecule has 0 unspecified atom stereocenters. The van der Waals surface area contributed by atoms with E-state index >= 15 is 0 Å². The number of rotatable bonds is 0. The number of hydrogen-bond acceptors (Lipinski definition) is 2. The molecule has 0 saturated heterocycles. The number of hydrogen-bond donors (Lipinski definition) is 2. The van der Waals surface area contributed by atoms with Crippen molar-refractivity contribution in [2.45, 2.75) is 0 Å². The summed E-state index contributed by atoms with van der Waals surface area (Å²) in [5, 5.41) is 20.6. The van der Waals surface area contributed by atoms with Crippen molar-refractivity contribution in [3.63, 3.8) is 0 Å². The summed E-state index contributed by atoms with van der Waals surface area (Å²) in [6, 6.07) is 6.66. The molecule has 0 bridgehead atoms. The van der Waals surface area contributed by atoms with Crippen LogP contribution in [0.15, 0.2) is 33.2 Å². The number of benzene rings is 2. The molecule has 2 aromatic carbocycles. The number of fused-ring (bicyclic) bond motifs is 1. The van der Waals surface area contributed by atoms with Gasteiger partial charge in [0.15, 0.2) is 0 Å². The first kappa shape index (κ1) is 9.80. The summed E-state index contributed by atoms with van der Waals surface area (Å²) in [6.45, 7) is 0. The highest BCUT2D eigenvalue weighted by Gasteiger charge is 2.08. The highest BCUT2D eigenvalue weighted by molar-refractivity contribution is 9.11. The van der Waals surface area contributed by atoms with Crippen LogP contribution in [0.1, 0.15) is 0 Å². The van der Waals surface area contributed by atoms with E-state index < -0.39 is 0 Å². The molecular weight excluding hydrogens is 312 g/mol. The van der Waals surface area contributed by atoms with Crippen LogP contribution in [0, 0.1) is 0 Å². The molecule has 2 rings (SSSR count). The molecule has 0 heterocycles. The maximum atomic E-state index is 9.45. The van der Waals surface area contributed by atoms with Crippen LogP contribution in [0.4, 0.5) is 0 Å². The molecule has 0 spiro atoms. The Morgan fingerprint density at radius 1 is 0.714 bits per heavy atom. The van der Waals surface area contributed by atoms with E-state index in [9.17, 15) is 10.2 Å². The summed E-state index contributed by atoms with van der Waals surface area (Å²) in [5.41, 5.74) is 0. The van der Waals surface area contributed by atoms with E-state index in [4.69, 9.17) is 0 Å². The normalized spacial score (nSPS) is 10.7. The van der Waals surface area contributed by atoms with Crippen molar-refractivity contribution in [2.75, 3.05) is 0 Å². The second-order valence-corrected chi connectivity index (χ2v) is 4.48. The zero-order valence-electron chi connectivity index (χ0n) is 6.96. The first-order valence-corrected chi connectivity index (χ1v) is 5.48. The summed E-state index contributed by atoms with van der Waals surface area (Å²) in [7, 11) is 0. The van der Waals surface area contributed by atoms with Crippen molar-refractivity contribution < 1.29 is 10.2 Å². The van der Waals surface area contributed by atoms with Gasteiger partial charge in [0.1, 0.15) is 11.5 Å². The fourth-order valence-electron chi connectivity index (χ4n) is 1.31. The van der Waals surface area contributed by atoms with Crippen LogP contribution >= 0.6 is 31.9 Å². The highest BCUT2D eigenvalue weighted by Crippen LogP contribution is 2.38. The molecule has 14 heavy (non-hydrogen) atoms. The fraction of sp³-hybridized carbons (Fsp3) is 0. The van der Waals surface area contributed by atoms with Gasteiger partial charge in [-0.1, -0.05) is 0 Å². The van der Waals surface area contributed by atoms with Crippen LogP contribution in [0.5, 0.6) is 11.5 Å². The van der Waals surface area contributed by atoms with Crippen molar-refractivity contribution in [2.24, 2.45) is 0 Å². The summed E-state index contributed by atoms with van der Waals surface area (Å²) < 4.78 is 1.27. The summed E-state index contributed by atoms with van der Waals surface area (Å²) in [5.74, 6) is 0.380. The predicted molar refractivity (Wildman–Crippen MR) is 62.7 cm³/mol. The van der Waals surface area contributed by atoms with Gasteiger partial charge in [0.05, 0.1) is 8.95 Å². The second kappa shape index (κ2) is 3.44. The third kappa shape index (κ3) is 1.38. The third-order valence-electron chi connectivity index (χ3n) is 2.03. The second-order valence-electron chi connectivity index (χ2n) is 2.89. The van der Waals surface area contributed by atoms with Gasteiger partial charge in [-0.15, -0.1) is 0 Å². The molecule has 72 valence electrons. The maximum Gasteiger partial charge on any atom is 0.130 e. The molecule has 0 aliphatic carbocycles. The van der Waals surface area contributed by atoms with Gasteiger partial charge in [-0.2, -0.15) is 0 Å². The van der Waals surface area contributed by atoms with E-state index in [1.54, 1.807) is 24.3 Å². The van der Waals surface area contributed by atoms with Crippen LogP contribution in [0.2, 0.25) is 0 Å². The Labute approximate surface area is 97.4 Å². The predicted octanol–water partition coefficient (Wildman–Crippen LogP) is 3.78. The molecule has 0 aromatic heterocycles. The minimum absolute atomic E-state index is 0.190. The zero-order chi connectivity index (χ0) is 10.3. The van der Waals surface area contributed by atoms with E-state index in [0.717, 1.165) is 10.8 Å². The lowest BCUT2D eigenvalue weighted by Crippen LogP contribution is -1.78. The third-order valence-corrected chi connectivity index (χ3v) is 3.70. The lowest BCUT2D eigenvalue weighted by atomic mass is 10.1. The van der Waals surface area contributed by atoms with Gasteiger partial charge in [0.25, 0.3) is 0 Å². The molecule has 0 saturated carbocycles. The molecule has 0 amide bonds. The van der Waals surface area contributed by atoms with Crippen molar-refractivity contribution in [3.8, 4) is 11.5 Å². The first-order valence-electron chi connectivity index (χ1n) is 3.90. The molecule has 0 atom stereocenters. The first-order chi connectivity index (χ1) is 6.61. The standard InChI is InChI=1S/C10H6Br2O2/c11-9-5-1-3-7(13)10(12)6(5)2-4-8(9)14/h1-4,13-14H. The van der Waals surface area contributed by atoms with Crippen molar-refractivity contribution >= 4 is 42.6 Å². The van der Waals surface area contributed by atoms with Crippen molar-refractivity contribution in [1.82, 2.24) is 0 Å². The molecule has 2 aromatic rings. The monoisotopic (exact) mass is 316 g/mol. The Morgan fingerprint density at radius 2 is 1.07 bits per heavy atom. The minimum Gasteiger partial charge on any atom is -0.507 e. The summed E-state index contributed by atoms with van der Waals surface area (Å²) in [4.78, 5) is 0. The highest BCUT2D eigenvalue weighted by atomic mass is 79.9. The van der Waals surface area contributed by atoms with Gasteiger partial charge in [-0.05, 0) is 56.1 Å². The number of phenolic OH excluding ortho intramolecular Hbond substituents is 2. The van der Waals surface area contributed by atoms with E-state index in [1.807, 2.05) is 0 Å². The lowest BCUT2D eigenvalue weighted by molar-refractivity contribution is 0.470. The van der Waals surface area contributed by atoms with Gasteiger partial charge < -0.3 is 10.2 Å². The molecule has 0 fully saturated rings. The Kier molecular flexibility index (Phi) is 2.41. The largest absolute Gasteiger partial charge is 0.507 e. The molecule has 4 heteroatoms. The van der Waals surface area contributed by atoms with Crippen molar-refractivity contribution in [1.29, 1.82) is 0 Å². The van der Waals surface area contributed by atoms with Gasteiger partial charge >= 0.3 is 0 Å². The van der Waals surface area contributed by atoms with Crippen LogP contribution in [0.25, 0.3) is 10.8 Å². The molecule has 0 radical (unpaired) electrons. The SMILES string of the molecule is Oc1ccc2c(Br)c(O)ccc2c1Br. The Bertz CT molecular complexity index is 462. The maximum absolute atomic E-state index is 9.45. The van der Waals surface area contributed by atoms with E-state index in [-0.39, 0.29) is 11.5 Å². The van der Waals surface area contributed by atoms with Crippen molar-refractivity contribution in [3.05, 3.63) is 33.2 Å². The lowest BCUT2D eigenvalue weighted by Gasteiger charge is -2.06. The summed E-state index contributed by atoms with van der Waals surface area (Å²) in [6.07, 6.45) is 0. The number of phenols is 2. The zero-order valence-corrected chi connectivity index (χ0v) is 10.1. The molecule has 0 aliphatic heterocycles. The molecule has 0 aliphatic rings. The van der Waals surface area contributed by atoms with Crippen LogP contribution in [-0.4, -0.2) is 10.2 Å². The smallest absolute Gasteiger partial charge is 0.130 e. The van der Waals surface area contributed by atoms with Crippen LogP contribution in [-0.2, 0) is 0 Å². The van der Waals surface area contributed by atoms with Crippen LogP contribution < -0.4 is 0 Å². The van der Waals surface area contributed by atoms with Gasteiger partial charge in [0, 0.05) is 10.8 Å².